The number of hydrogen-bond acceptors (Lipinski definition) is 4. The van der Waals surface area contributed by atoms with Crippen molar-refractivity contribution >= 4 is 17.0 Å². The number of carbonyl (C=O) groups excluding carboxylic acids is 1. The number of hydrogen-bond donors (Lipinski definition) is 0. The molecule has 2 aliphatic carbocycles. The van der Waals surface area contributed by atoms with Crippen LogP contribution in [0, 0.1) is 24.7 Å². The molecule has 3 unspecified atom stereocenters. The van der Waals surface area contributed by atoms with Crippen molar-refractivity contribution in [1.29, 1.82) is 0 Å². The fraction of sp³-hybridized carbons (Fsp3) is 0.526. The van der Waals surface area contributed by atoms with E-state index in [2.05, 4.69) is 9.97 Å². The fourth-order valence-electron chi connectivity index (χ4n) is 4.31. The molecular weight excluding hydrogens is 288 g/mol. The van der Waals surface area contributed by atoms with Crippen molar-refractivity contribution in [1.82, 2.24) is 9.97 Å². The summed E-state index contributed by atoms with van der Waals surface area (Å²) in [7, 11) is 0. The molecule has 1 aromatic carbocycles. The largest absolute Gasteiger partial charge is 0.459 e. The van der Waals surface area contributed by atoms with E-state index >= 15 is 0 Å². The van der Waals surface area contributed by atoms with Crippen LogP contribution in [0.25, 0.3) is 11.0 Å². The lowest BCUT2D eigenvalue weighted by Gasteiger charge is -2.20. The van der Waals surface area contributed by atoms with Gasteiger partial charge in [0.05, 0.1) is 22.4 Å². The molecule has 4 rings (SSSR count). The lowest BCUT2D eigenvalue weighted by molar-refractivity contribution is -0.146. The Hall–Kier alpha value is -1.97. The average molecular weight is 310 g/mol. The van der Waals surface area contributed by atoms with Crippen molar-refractivity contribution in [2.24, 2.45) is 17.8 Å². The van der Waals surface area contributed by atoms with Gasteiger partial charge in [0, 0.05) is 6.42 Å². The number of aromatic nitrogens is 2. The number of esters is 1. The van der Waals surface area contributed by atoms with E-state index in [0.717, 1.165) is 34.3 Å². The molecule has 2 bridgehead atoms. The number of ether oxygens (including phenoxy) is 1. The molecule has 23 heavy (non-hydrogen) atoms. The molecule has 1 aromatic heterocycles. The van der Waals surface area contributed by atoms with Crippen molar-refractivity contribution in [2.75, 3.05) is 0 Å². The number of rotatable bonds is 4. The molecule has 0 spiro atoms. The van der Waals surface area contributed by atoms with Crippen molar-refractivity contribution < 1.29 is 9.53 Å². The first kappa shape index (κ1) is 14.6. The summed E-state index contributed by atoms with van der Waals surface area (Å²) in [6.45, 7) is 2.14. The Labute approximate surface area is 136 Å². The zero-order valence-electron chi connectivity index (χ0n) is 13.5. The summed E-state index contributed by atoms with van der Waals surface area (Å²) in [6.07, 6.45) is 5.78. The van der Waals surface area contributed by atoms with Gasteiger partial charge < -0.3 is 4.74 Å². The van der Waals surface area contributed by atoms with E-state index < -0.39 is 0 Å². The van der Waals surface area contributed by atoms with Gasteiger partial charge in [-0.1, -0.05) is 18.6 Å². The van der Waals surface area contributed by atoms with Gasteiger partial charge in [-0.25, -0.2) is 9.97 Å². The van der Waals surface area contributed by atoms with Crippen LogP contribution in [0.15, 0.2) is 24.3 Å². The maximum absolute atomic E-state index is 12.2. The third kappa shape index (κ3) is 2.94. The smallest absolute Gasteiger partial charge is 0.306 e. The Kier molecular flexibility index (Phi) is 3.76. The van der Waals surface area contributed by atoms with Gasteiger partial charge in [0.15, 0.2) is 0 Å². The standard InChI is InChI=1S/C19H22N2O2/c1-12-18(21-17-5-3-2-4-16(17)20-12)11-23-19(22)10-15-9-13-6-7-14(15)8-13/h2-5,13-15H,6-11H2,1H3. The molecule has 0 radical (unpaired) electrons. The summed E-state index contributed by atoms with van der Waals surface area (Å²) in [5.41, 5.74) is 3.31. The van der Waals surface area contributed by atoms with Crippen molar-refractivity contribution in [3.05, 3.63) is 35.7 Å². The van der Waals surface area contributed by atoms with Crippen LogP contribution in [0.5, 0.6) is 0 Å². The van der Waals surface area contributed by atoms with Crippen LogP contribution in [-0.2, 0) is 16.1 Å². The lowest BCUT2D eigenvalue weighted by Crippen LogP contribution is -2.17. The molecule has 0 N–H and O–H groups in total. The first-order valence-electron chi connectivity index (χ1n) is 8.57. The van der Waals surface area contributed by atoms with Gasteiger partial charge in [-0.15, -0.1) is 0 Å². The molecule has 0 amide bonds. The van der Waals surface area contributed by atoms with Crippen molar-refractivity contribution in [3.63, 3.8) is 0 Å². The van der Waals surface area contributed by atoms with Gasteiger partial charge in [0.1, 0.15) is 6.61 Å². The molecule has 0 saturated heterocycles. The highest BCUT2D eigenvalue weighted by molar-refractivity contribution is 5.74. The molecule has 3 atom stereocenters. The highest BCUT2D eigenvalue weighted by Gasteiger charge is 2.40. The Morgan fingerprint density at radius 2 is 1.96 bits per heavy atom. The first-order valence-corrected chi connectivity index (χ1v) is 8.57. The predicted molar refractivity (Wildman–Crippen MR) is 87.6 cm³/mol. The van der Waals surface area contributed by atoms with E-state index in [1.807, 2.05) is 31.2 Å². The molecule has 2 aromatic rings. The lowest BCUT2D eigenvalue weighted by atomic mass is 9.86. The molecular formula is C19H22N2O2. The monoisotopic (exact) mass is 310 g/mol. The Morgan fingerprint density at radius 3 is 2.65 bits per heavy atom. The minimum atomic E-state index is -0.0862. The zero-order valence-corrected chi connectivity index (χ0v) is 13.5. The minimum absolute atomic E-state index is 0.0862. The summed E-state index contributed by atoms with van der Waals surface area (Å²) in [5, 5.41) is 0. The van der Waals surface area contributed by atoms with Gasteiger partial charge in [0.25, 0.3) is 0 Å². The highest BCUT2D eigenvalue weighted by atomic mass is 16.5. The van der Waals surface area contributed by atoms with Crippen LogP contribution in [-0.4, -0.2) is 15.9 Å². The van der Waals surface area contributed by atoms with Crippen LogP contribution < -0.4 is 0 Å². The van der Waals surface area contributed by atoms with Crippen molar-refractivity contribution in [3.8, 4) is 0 Å². The van der Waals surface area contributed by atoms with E-state index in [-0.39, 0.29) is 12.6 Å². The molecule has 4 heteroatoms. The van der Waals surface area contributed by atoms with E-state index in [1.54, 1.807) is 0 Å². The quantitative estimate of drug-likeness (QED) is 0.806. The summed E-state index contributed by atoms with van der Waals surface area (Å²) < 4.78 is 5.49. The summed E-state index contributed by atoms with van der Waals surface area (Å²) >= 11 is 0. The third-order valence-electron chi connectivity index (χ3n) is 5.53. The molecule has 2 saturated carbocycles. The highest BCUT2D eigenvalue weighted by Crippen LogP contribution is 2.49. The number of fused-ring (bicyclic) bond motifs is 3. The number of benzene rings is 1. The summed E-state index contributed by atoms with van der Waals surface area (Å²) in [4.78, 5) is 21.3. The first-order chi connectivity index (χ1) is 11.2. The van der Waals surface area contributed by atoms with Crippen LogP contribution in [0.3, 0.4) is 0 Å². The van der Waals surface area contributed by atoms with E-state index in [0.29, 0.717) is 12.3 Å². The maximum Gasteiger partial charge on any atom is 0.306 e. The number of nitrogens with zero attached hydrogens (tertiary/aromatic N) is 2. The molecule has 0 aliphatic heterocycles. The Morgan fingerprint density at radius 1 is 1.17 bits per heavy atom. The Balaban J connectivity index is 1.38. The second-order valence-corrected chi connectivity index (χ2v) is 7.04. The number of carbonyl (C=O) groups is 1. The van der Waals surface area contributed by atoms with Gasteiger partial charge >= 0.3 is 5.97 Å². The molecule has 1 heterocycles. The van der Waals surface area contributed by atoms with Crippen molar-refractivity contribution in [2.45, 2.75) is 45.6 Å². The fourth-order valence-corrected chi connectivity index (χ4v) is 4.31. The molecule has 2 fully saturated rings. The second kappa shape index (κ2) is 5.91. The van der Waals surface area contributed by atoms with Crippen LogP contribution in [0.4, 0.5) is 0 Å². The normalized spacial score (nSPS) is 25.9. The van der Waals surface area contributed by atoms with Crippen LogP contribution in [0.2, 0.25) is 0 Å². The van der Waals surface area contributed by atoms with Gasteiger partial charge in [-0.05, 0) is 56.1 Å². The summed E-state index contributed by atoms with van der Waals surface area (Å²) in [5.74, 6) is 2.09. The Bertz CT molecular complexity index is 743. The number of aryl methyl sites for hydroxylation is 1. The predicted octanol–water partition coefficient (Wildman–Crippen LogP) is 3.81. The molecule has 4 nitrogen and oxygen atoms in total. The SMILES string of the molecule is Cc1nc2ccccc2nc1COC(=O)CC1CC2CCC1C2. The number of para-hydroxylation sites is 2. The van der Waals surface area contributed by atoms with Gasteiger partial charge in [-0.2, -0.15) is 0 Å². The van der Waals surface area contributed by atoms with Crippen LogP contribution >= 0.6 is 0 Å². The average Bonchev–Trinajstić information content (AvgIpc) is 3.15. The topological polar surface area (TPSA) is 52.1 Å². The van der Waals surface area contributed by atoms with Crippen LogP contribution in [0.1, 0.15) is 43.5 Å². The van der Waals surface area contributed by atoms with E-state index in [9.17, 15) is 4.79 Å². The van der Waals surface area contributed by atoms with E-state index in [4.69, 9.17) is 4.74 Å². The second-order valence-electron chi connectivity index (χ2n) is 7.04. The summed E-state index contributed by atoms with van der Waals surface area (Å²) in [6, 6.07) is 7.77. The maximum atomic E-state index is 12.2. The zero-order chi connectivity index (χ0) is 15.8. The third-order valence-corrected chi connectivity index (χ3v) is 5.53. The van der Waals surface area contributed by atoms with E-state index in [1.165, 1.54) is 25.7 Å². The van der Waals surface area contributed by atoms with Gasteiger partial charge in [-0.3, -0.25) is 4.79 Å². The van der Waals surface area contributed by atoms with Gasteiger partial charge in [0.2, 0.25) is 0 Å². The molecule has 2 aliphatic rings. The minimum Gasteiger partial charge on any atom is -0.459 e. The molecule has 120 valence electrons.